The average Bonchev–Trinajstić information content (AvgIpc) is 2.43. The second-order valence-corrected chi connectivity index (χ2v) is 5.42. The van der Waals surface area contributed by atoms with Gasteiger partial charge in [-0.05, 0) is 57.6 Å². The predicted molar refractivity (Wildman–Crippen MR) is 78.7 cm³/mol. The summed E-state index contributed by atoms with van der Waals surface area (Å²) >= 11 is 0. The van der Waals surface area contributed by atoms with Crippen molar-refractivity contribution in [3.63, 3.8) is 0 Å². The van der Waals surface area contributed by atoms with Gasteiger partial charge in [-0.1, -0.05) is 0 Å². The first-order valence-corrected chi connectivity index (χ1v) is 6.89. The van der Waals surface area contributed by atoms with Crippen LogP contribution in [0.1, 0.15) is 29.3 Å². The molecule has 1 aromatic rings. The van der Waals surface area contributed by atoms with Crippen LogP contribution in [0.3, 0.4) is 0 Å². The SMILES string of the molecule is CC(CNC(=O)c1ccc2c(c1)CCCN2)N(C)C. The van der Waals surface area contributed by atoms with Crippen LogP contribution in [0.2, 0.25) is 0 Å². The first-order chi connectivity index (χ1) is 9.08. The monoisotopic (exact) mass is 261 g/mol. The fourth-order valence-corrected chi connectivity index (χ4v) is 2.14. The lowest BCUT2D eigenvalue weighted by atomic mass is 10.0. The van der Waals surface area contributed by atoms with Crippen LogP contribution in [0, 0.1) is 0 Å². The Morgan fingerprint density at radius 3 is 3.00 bits per heavy atom. The van der Waals surface area contributed by atoms with Crippen molar-refractivity contribution >= 4 is 11.6 Å². The maximum absolute atomic E-state index is 12.1. The number of amides is 1. The standard InChI is InChI=1S/C15H23N3O/c1-11(18(2)3)10-17-15(19)13-6-7-14-12(9-13)5-4-8-16-14/h6-7,9,11,16H,4-5,8,10H2,1-3H3,(H,17,19). The molecule has 1 amide bonds. The molecular formula is C15H23N3O. The van der Waals surface area contributed by atoms with Crippen LogP contribution in [0.25, 0.3) is 0 Å². The smallest absolute Gasteiger partial charge is 0.251 e. The minimum atomic E-state index is 0.0158. The summed E-state index contributed by atoms with van der Waals surface area (Å²) in [5.41, 5.74) is 3.18. The van der Waals surface area contributed by atoms with Gasteiger partial charge >= 0.3 is 0 Å². The third kappa shape index (κ3) is 3.47. The van der Waals surface area contributed by atoms with Gasteiger partial charge in [-0.25, -0.2) is 0 Å². The Balaban J connectivity index is 1.99. The van der Waals surface area contributed by atoms with Crippen LogP contribution in [0.5, 0.6) is 0 Å². The summed E-state index contributed by atoms with van der Waals surface area (Å²) < 4.78 is 0. The zero-order valence-electron chi connectivity index (χ0n) is 12.0. The quantitative estimate of drug-likeness (QED) is 0.867. The van der Waals surface area contributed by atoms with E-state index in [1.165, 1.54) is 11.3 Å². The third-order valence-corrected chi connectivity index (χ3v) is 3.75. The largest absolute Gasteiger partial charge is 0.385 e. The van der Waals surface area contributed by atoms with Gasteiger partial charge in [-0.15, -0.1) is 0 Å². The molecule has 1 aliphatic heterocycles. The summed E-state index contributed by atoms with van der Waals surface area (Å²) in [6.45, 7) is 3.79. The van der Waals surface area contributed by atoms with E-state index >= 15 is 0 Å². The highest BCUT2D eigenvalue weighted by Gasteiger charge is 2.13. The number of nitrogens with zero attached hydrogens (tertiary/aromatic N) is 1. The van der Waals surface area contributed by atoms with E-state index in [-0.39, 0.29) is 5.91 Å². The third-order valence-electron chi connectivity index (χ3n) is 3.75. The van der Waals surface area contributed by atoms with Crippen LogP contribution in [0.15, 0.2) is 18.2 Å². The maximum atomic E-state index is 12.1. The number of hydrogen-bond acceptors (Lipinski definition) is 3. The van der Waals surface area contributed by atoms with Crippen LogP contribution >= 0.6 is 0 Å². The van der Waals surface area contributed by atoms with Crippen molar-refractivity contribution in [3.8, 4) is 0 Å². The minimum Gasteiger partial charge on any atom is -0.385 e. The Labute approximate surface area is 115 Å². The molecule has 0 spiro atoms. The zero-order valence-corrected chi connectivity index (χ0v) is 12.0. The number of likely N-dealkylation sites (N-methyl/N-ethyl adjacent to an activating group) is 1. The Kier molecular flexibility index (Phi) is 4.43. The highest BCUT2D eigenvalue weighted by molar-refractivity contribution is 5.95. The molecule has 1 heterocycles. The molecule has 1 unspecified atom stereocenters. The van der Waals surface area contributed by atoms with Crippen molar-refractivity contribution in [2.24, 2.45) is 0 Å². The number of carbonyl (C=O) groups excluding carboxylic acids is 1. The first-order valence-electron chi connectivity index (χ1n) is 6.89. The van der Waals surface area contributed by atoms with Crippen molar-refractivity contribution in [1.29, 1.82) is 0 Å². The van der Waals surface area contributed by atoms with Crippen molar-refractivity contribution in [2.75, 3.05) is 32.5 Å². The molecule has 4 nitrogen and oxygen atoms in total. The Morgan fingerprint density at radius 2 is 2.26 bits per heavy atom. The van der Waals surface area contributed by atoms with E-state index in [0.717, 1.165) is 24.9 Å². The molecule has 0 aromatic heterocycles. The van der Waals surface area contributed by atoms with E-state index in [1.807, 2.05) is 32.3 Å². The second-order valence-electron chi connectivity index (χ2n) is 5.42. The first kappa shape index (κ1) is 13.9. The molecule has 0 bridgehead atoms. The minimum absolute atomic E-state index is 0.0158. The fraction of sp³-hybridized carbons (Fsp3) is 0.533. The summed E-state index contributed by atoms with van der Waals surface area (Å²) in [6.07, 6.45) is 2.19. The molecule has 1 aromatic carbocycles. The van der Waals surface area contributed by atoms with Gasteiger partial charge in [0.15, 0.2) is 0 Å². The van der Waals surface area contributed by atoms with Gasteiger partial charge in [0.1, 0.15) is 0 Å². The highest BCUT2D eigenvalue weighted by Crippen LogP contribution is 2.22. The molecule has 2 rings (SSSR count). The maximum Gasteiger partial charge on any atom is 0.251 e. The van der Waals surface area contributed by atoms with Crippen LogP contribution in [-0.4, -0.2) is 44.0 Å². The van der Waals surface area contributed by atoms with Crippen LogP contribution in [-0.2, 0) is 6.42 Å². The average molecular weight is 261 g/mol. The molecule has 1 atom stereocenters. The van der Waals surface area contributed by atoms with Gasteiger partial charge in [0.25, 0.3) is 5.91 Å². The molecule has 4 heteroatoms. The van der Waals surface area contributed by atoms with E-state index in [1.54, 1.807) is 0 Å². The summed E-state index contributed by atoms with van der Waals surface area (Å²) in [4.78, 5) is 14.2. The Bertz CT molecular complexity index is 457. The predicted octanol–water partition coefficient (Wildman–Crippen LogP) is 1.72. The number of nitrogens with one attached hydrogen (secondary N) is 2. The molecule has 0 fully saturated rings. The van der Waals surface area contributed by atoms with Gasteiger partial charge in [0.05, 0.1) is 0 Å². The molecule has 1 aliphatic rings. The van der Waals surface area contributed by atoms with Crippen molar-refractivity contribution in [1.82, 2.24) is 10.2 Å². The van der Waals surface area contributed by atoms with Crippen LogP contribution < -0.4 is 10.6 Å². The normalized spacial score (nSPS) is 15.6. The number of hydrogen-bond donors (Lipinski definition) is 2. The highest BCUT2D eigenvalue weighted by atomic mass is 16.1. The van der Waals surface area contributed by atoms with E-state index in [9.17, 15) is 4.79 Å². The van der Waals surface area contributed by atoms with E-state index in [4.69, 9.17) is 0 Å². The molecule has 0 aliphatic carbocycles. The van der Waals surface area contributed by atoms with Crippen molar-refractivity contribution in [2.45, 2.75) is 25.8 Å². The molecule has 0 saturated heterocycles. The van der Waals surface area contributed by atoms with Gasteiger partial charge in [0, 0.05) is 30.4 Å². The van der Waals surface area contributed by atoms with Gasteiger partial charge in [-0.3, -0.25) is 4.79 Å². The zero-order chi connectivity index (χ0) is 13.8. The van der Waals surface area contributed by atoms with Crippen LogP contribution in [0.4, 0.5) is 5.69 Å². The number of rotatable bonds is 4. The molecular weight excluding hydrogens is 238 g/mol. The number of aryl methyl sites for hydroxylation is 1. The molecule has 2 N–H and O–H groups in total. The molecule has 19 heavy (non-hydrogen) atoms. The van der Waals surface area contributed by atoms with Crippen molar-refractivity contribution in [3.05, 3.63) is 29.3 Å². The van der Waals surface area contributed by atoms with Gasteiger partial charge in [0.2, 0.25) is 0 Å². The molecule has 104 valence electrons. The van der Waals surface area contributed by atoms with E-state index < -0.39 is 0 Å². The van der Waals surface area contributed by atoms with Crippen molar-refractivity contribution < 1.29 is 4.79 Å². The van der Waals surface area contributed by atoms with Gasteiger partial charge < -0.3 is 15.5 Å². The number of benzene rings is 1. The topological polar surface area (TPSA) is 44.4 Å². The number of fused-ring (bicyclic) bond motifs is 1. The Hall–Kier alpha value is -1.55. The molecule has 0 radical (unpaired) electrons. The second kappa shape index (κ2) is 6.06. The molecule has 0 saturated carbocycles. The van der Waals surface area contributed by atoms with E-state index in [0.29, 0.717) is 12.6 Å². The lowest BCUT2D eigenvalue weighted by Gasteiger charge is -2.21. The summed E-state index contributed by atoms with van der Waals surface area (Å²) in [7, 11) is 4.03. The Morgan fingerprint density at radius 1 is 1.47 bits per heavy atom. The summed E-state index contributed by atoms with van der Waals surface area (Å²) in [6, 6.07) is 6.26. The van der Waals surface area contributed by atoms with Gasteiger partial charge in [-0.2, -0.15) is 0 Å². The fourth-order valence-electron chi connectivity index (χ4n) is 2.14. The lowest BCUT2D eigenvalue weighted by molar-refractivity contribution is 0.0943. The number of carbonyl (C=O) groups is 1. The lowest BCUT2D eigenvalue weighted by Crippen LogP contribution is -2.38. The van der Waals surface area contributed by atoms with E-state index in [2.05, 4.69) is 22.5 Å². The summed E-state index contributed by atoms with van der Waals surface area (Å²) in [5, 5.41) is 6.34. The summed E-state index contributed by atoms with van der Waals surface area (Å²) in [5.74, 6) is 0.0158. The number of anilines is 1.